The normalized spacial score (nSPS) is 11.5. The lowest BCUT2D eigenvalue weighted by Gasteiger charge is -2.15. The van der Waals surface area contributed by atoms with E-state index in [0.717, 1.165) is 13.1 Å². The minimum absolute atomic E-state index is 0.998. The lowest BCUT2D eigenvalue weighted by atomic mass is 10.1. The van der Waals surface area contributed by atoms with E-state index in [0.29, 0.717) is 0 Å². The summed E-state index contributed by atoms with van der Waals surface area (Å²) in [6.45, 7) is 2.03. The van der Waals surface area contributed by atoms with E-state index in [2.05, 4.69) is 84.4 Å². The van der Waals surface area contributed by atoms with Crippen LogP contribution in [0.2, 0.25) is 0 Å². The van der Waals surface area contributed by atoms with Gasteiger partial charge in [-0.1, -0.05) is 48.5 Å². The van der Waals surface area contributed by atoms with Crippen LogP contribution in [-0.4, -0.2) is 36.4 Å². The number of nitrogens with zero attached hydrogens (tertiary/aromatic N) is 2. The summed E-state index contributed by atoms with van der Waals surface area (Å²) < 4.78 is 2.47. The van der Waals surface area contributed by atoms with Gasteiger partial charge in [-0.25, -0.2) is 0 Å². The summed E-state index contributed by atoms with van der Waals surface area (Å²) in [4.78, 5) is 3.61. The molecular formula is C19H22N2S. The Bertz CT molecular complexity index is 760. The van der Waals surface area contributed by atoms with Crippen molar-refractivity contribution in [3.63, 3.8) is 0 Å². The molecule has 0 saturated carbocycles. The molecule has 114 valence electrons. The summed E-state index contributed by atoms with van der Waals surface area (Å²) in [6.07, 6.45) is 2.17. The van der Waals surface area contributed by atoms with E-state index < -0.39 is 0 Å². The van der Waals surface area contributed by atoms with E-state index in [9.17, 15) is 0 Å². The Morgan fingerprint density at radius 1 is 0.955 bits per heavy atom. The molecule has 0 spiro atoms. The number of benzene rings is 2. The van der Waals surface area contributed by atoms with Crippen molar-refractivity contribution in [2.45, 2.75) is 11.4 Å². The van der Waals surface area contributed by atoms with Crippen LogP contribution in [0.1, 0.15) is 0 Å². The maximum Gasteiger partial charge on any atom is 0.0629 e. The molecule has 0 fully saturated rings. The Morgan fingerprint density at radius 2 is 1.64 bits per heavy atom. The predicted octanol–water partition coefficient (Wildman–Crippen LogP) is 4.59. The Balaban J connectivity index is 2.25. The van der Waals surface area contributed by atoms with Crippen molar-refractivity contribution < 1.29 is 0 Å². The van der Waals surface area contributed by atoms with Gasteiger partial charge >= 0.3 is 0 Å². The largest absolute Gasteiger partial charge is 0.338 e. The highest BCUT2D eigenvalue weighted by Gasteiger charge is 2.17. The van der Waals surface area contributed by atoms with Crippen LogP contribution in [0.5, 0.6) is 0 Å². The van der Waals surface area contributed by atoms with Crippen LogP contribution in [0.3, 0.4) is 0 Å². The molecule has 1 heterocycles. The predicted molar refractivity (Wildman–Crippen MR) is 97.7 cm³/mol. The Hall–Kier alpha value is -1.71. The summed E-state index contributed by atoms with van der Waals surface area (Å²) in [5.41, 5.74) is 3.96. The number of aromatic nitrogens is 1. The molecule has 2 aromatic carbocycles. The van der Waals surface area contributed by atoms with Crippen molar-refractivity contribution >= 4 is 22.7 Å². The number of para-hydroxylation sites is 1. The standard InChI is InChI=1S/C19H22N2S/c1-20(2)13-14-21-17-12-8-7-11-16(17)19(22-3)18(21)15-9-5-4-6-10-15/h4-12H,13-14H2,1-3H3. The van der Waals surface area contributed by atoms with Crippen LogP contribution in [0.15, 0.2) is 59.5 Å². The molecule has 0 aliphatic carbocycles. The van der Waals surface area contributed by atoms with Crippen LogP contribution in [0, 0.1) is 0 Å². The second-order valence-corrected chi connectivity index (χ2v) is 6.54. The smallest absolute Gasteiger partial charge is 0.0629 e. The summed E-state index contributed by atoms with van der Waals surface area (Å²) in [6, 6.07) is 19.5. The number of rotatable bonds is 5. The first kappa shape index (κ1) is 15.2. The zero-order valence-corrected chi connectivity index (χ0v) is 14.2. The van der Waals surface area contributed by atoms with Crippen LogP contribution in [0.4, 0.5) is 0 Å². The molecule has 0 bridgehead atoms. The number of fused-ring (bicyclic) bond motifs is 1. The lowest BCUT2D eigenvalue weighted by Crippen LogP contribution is -2.18. The summed E-state index contributed by atoms with van der Waals surface area (Å²) in [5.74, 6) is 0. The van der Waals surface area contributed by atoms with Gasteiger partial charge in [0.1, 0.15) is 0 Å². The fraction of sp³-hybridized carbons (Fsp3) is 0.263. The highest BCUT2D eigenvalue weighted by molar-refractivity contribution is 7.99. The third-order valence-electron chi connectivity index (χ3n) is 3.95. The van der Waals surface area contributed by atoms with Gasteiger partial charge in [0.05, 0.1) is 5.69 Å². The van der Waals surface area contributed by atoms with Crippen LogP contribution in [0.25, 0.3) is 22.2 Å². The number of likely N-dealkylation sites (N-methyl/N-ethyl adjacent to an activating group) is 1. The molecule has 22 heavy (non-hydrogen) atoms. The van der Waals surface area contributed by atoms with E-state index in [1.54, 1.807) is 0 Å². The van der Waals surface area contributed by atoms with Gasteiger partial charge in [-0.2, -0.15) is 0 Å². The molecule has 0 N–H and O–H groups in total. The molecule has 0 unspecified atom stereocenters. The fourth-order valence-corrected chi connectivity index (χ4v) is 3.71. The minimum atomic E-state index is 0.998. The van der Waals surface area contributed by atoms with E-state index in [4.69, 9.17) is 0 Å². The van der Waals surface area contributed by atoms with Crippen molar-refractivity contribution in [3.05, 3.63) is 54.6 Å². The molecule has 3 aromatic rings. The number of hydrogen-bond donors (Lipinski definition) is 0. The molecule has 3 heteroatoms. The second kappa shape index (κ2) is 6.59. The van der Waals surface area contributed by atoms with Crippen molar-refractivity contribution in [1.82, 2.24) is 9.47 Å². The maximum atomic E-state index is 2.47. The third kappa shape index (κ3) is 2.79. The topological polar surface area (TPSA) is 8.17 Å². The molecule has 0 saturated heterocycles. The number of thioether (sulfide) groups is 1. The molecule has 0 atom stereocenters. The van der Waals surface area contributed by atoms with Crippen LogP contribution >= 0.6 is 11.8 Å². The Labute approximate surface area is 136 Å². The van der Waals surface area contributed by atoms with Gasteiger partial charge < -0.3 is 9.47 Å². The van der Waals surface area contributed by atoms with Gasteiger partial charge in [0.2, 0.25) is 0 Å². The second-order valence-electron chi connectivity index (χ2n) is 5.72. The average Bonchev–Trinajstić information content (AvgIpc) is 2.87. The van der Waals surface area contributed by atoms with Gasteiger partial charge in [0.15, 0.2) is 0 Å². The lowest BCUT2D eigenvalue weighted by molar-refractivity contribution is 0.387. The highest BCUT2D eigenvalue weighted by Crippen LogP contribution is 2.39. The average molecular weight is 310 g/mol. The zero-order valence-electron chi connectivity index (χ0n) is 13.4. The molecule has 2 nitrogen and oxygen atoms in total. The van der Waals surface area contributed by atoms with E-state index in [1.165, 1.54) is 27.1 Å². The minimum Gasteiger partial charge on any atom is -0.338 e. The van der Waals surface area contributed by atoms with E-state index in [-0.39, 0.29) is 0 Å². The van der Waals surface area contributed by atoms with Crippen molar-refractivity contribution in [3.8, 4) is 11.3 Å². The monoisotopic (exact) mass is 310 g/mol. The van der Waals surface area contributed by atoms with Gasteiger partial charge in [0, 0.05) is 28.9 Å². The van der Waals surface area contributed by atoms with Gasteiger partial charge in [-0.3, -0.25) is 0 Å². The Kier molecular flexibility index (Phi) is 4.55. The summed E-state index contributed by atoms with van der Waals surface area (Å²) >= 11 is 1.84. The highest BCUT2D eigenvalue weighted by atomic mass is 32.2. The van der Waals surface area contributed by atoms with E-state index >= 15 is 0 Å². The molecule has 0 amide bonds. The molecule has 1 aromatic heterocycles. The van der Waals surface area contributed by atoms with E-state index in [1.807, 2.05) is 11.8 Å². The van der Waals surface area contributed by atoms with Crippen molar-refractivity contribution in [2.24, 2.45) is 0 Å². The van der Waals surface area contributed by atoms with Gasteiger partial charge in [-0.05, 0) is 32.0 Å². The molecule has 0 radical (unpaired) electrons. The summed E-state index contributed by atoms with van der Waals surface area (Å²) in [7, 11) is 4.26. The third-order valence-corrected chi connectivity index (χ3v) is 4.77. The maximum absolute atomic E-state index is 2.47. The van der Waals surface area contributed by atoms with Crippen LogP contribution in [-0.2, 0) is 6.54 Å². The van der Waals surface area contributed by atoms with Crippen molar-refractivity contribution in [2.75, 3.05) is 26.9 Å². The first-order valence-electron chi connectivity index (χ1n) is 7.57. The molecular weight excluding hydrogens is 288 g/mol. The Morgan fingerprint density at radius 3 is 2.32 bits per heavy atom. The zero-order chi connectivity index (χ0) is 15.5. The molecule has 0 aliphatic rings. The molecule has 0 aliphatic heterocycles. The quantitative estimate of drug-likeness (QED) is 0.637. The first-order chi connectivity index (χ1) is 10.7. The molecule has 3 rings (SSSR count). The summed E-state index contributed by atoms with van der Waals surface area (Å²) in [5, 5.41) is 1.35. The fourth-order valence-electron chi connectivity index (χ4n) is 2.89. The van der Waals surface area contributed by atoms with Crippen molar-refractivity contribution in [1.29, 1.82) is 0 Å². The first-order valence-corrected chi connectivity index (χ1v) is 8.80. The van der Waals surface area contributed by atoms with Gasteiger partial charge in [0.25, 0.3) is 0 Å². The number of hydrogen-bond acceptors (Lipinski definition) is 2. The van der Waals surface area contributed by atoms with Crippen LogP contribution < -0.4 is 0 Å². The van der Waals surface area contributed by atoms with Gasteiger partial charge in [-0.15, -0.1) is 11.8 Å². The SMILES string of the molecule is CSc1c(-c2ccccc2)n(CCN(C)C)c2ccccc12.